The van der Waals surface area contributed by atoms with Gasteiger partial charge in [-0.05, 0) is 53.8 Å². The molecule has 8 rings (SSSR count). The molecule has 0 aliphatic rings. The second kappa shape index (κ2) is 9.79. The SMILES string of the molecule is Cc1nc(-c2ccc(-c3ccc(-c4nc5ccccc5n4-c4ccccc4)cc3)cc2)c2ccc3ccccc3c2n1. The molecule has 0 saturated carbocycles. The summed E-state index contributed by atoms with van der Waals surface area (Å²) in [5.74, 6) is 1.71. The number of rotatable bonds is 4. The molecular formula is C38H26N4. The molecule has 8 aromatic rings. The predicted molar refractivity (Wildman–Crippen MR) is 173 cm³/mol. The molecule has 42 heavy (non-hydrogen) atoms. The average molecular weight is 539 g/mol. The largest absolute Gasteiger partial charge is 0.292 e. The van der Waals surface area contributed by atoms with Crippen molar-refractivity contribution in [1.29, 1.82) is 0 Å². The molecule has 6 aromatic carbocycles. The summed E-state index contributed by atoms with van der Waals surface area (Å²) < 4.78 is 2.23. The Kier molecular flexibility index (Phi) is 5.64. The van der Waals surface area contributed by atoms with Crippen LogP contribution in [0.25, 0.3) is 72.2 Å². The van der Waals surface area contributed by atoms with E-state index < -0.39 is 0 Å². The average Bonchev–Trinajstić information content (AvgIpc) is 3.45. The molecule has 2 heterocycles. The molecule has 0 aliphatic carbocycles. The van der Waals surface area contributed by atoms with Gasteiger partial charge in [-0.3, -0.25) is 4.57 Å². The van der Waals surface area contributed by atoms with Crippen LogP contribution in [-0.2, 0) is 0 Å². The summed E-state index contributed by atoms with van der Waals surface area (Å²) in [7, 11) is 0. The summed E-state index contributed by atoms with van der Waals surface area (Å²) >= 11 is 0. The zero-order valence-corrected chi connectivity index (χ0v) is 23.1. The normalized spacial score (nSPS) is 11.5. The number of imidazole rings is 1. The fourth-order valence-electron chi connectivity index (χ4n) is 5.89. The highest BCUT2D eigenvalue weighted by Gasteiger charge is 2.15. The van der Waals surface area contributed by atoms with E-state index in [4.69, 9.17) is 15.0 Å². The van der Waals surface area contributed by atoms with Gasteiger partial charge in [-0.15, -0.1) is 0 Å². The van der Waals surface area contributed by atoms with Gasteiger partial charge in [0.15, 0.2) is 0 Å². The predicted octanol–water partition coefficient (Wildman–Crippen LogP) is 9.43. The highest BCUT2D eigenvalue weighted by Crippen LogP contribution is 2.34. The van der Waals surface area contributed by atoms with Gasteiger partial charge in [0.1, 0.15) is 11.6 Å². The van der Waals surface area contributed by atoms with Crippen LogP contribution in [0.4, 0.5) is 0 Å². The van der Waals surface area contributed by atoms with Crippen molar-refractivity contribution in [2.24, 2.45) is 0 Å². The third-order valence-corrected chi connectivity index (χ3v) is 7.91. The van der Waals surface area contributed by atoms with Crippen LogP contribution >= 0.6 is 0 Å². The molecule has 0 atom stereocenters. The van der Waals surface area contributed by atoms with Crippen molar-refractivity contribution in [1.82, 2.24) is 19.5 Å². The van der Waals surface area contributed by atoms with Gasteiger partial charge in [-0.25, -0.2) is 15.0 Å². The molecule has 2 aromatic heterocycles. The van der Waals surface area contributed by atoms with Gasteiger partial charge >= 0.3 is 0 Å². The third-order valence-electron chi connectivity index (χ3n) is 7.91. The highest BCUT2D eigenvalue weighted by atomic mass is 15.1. The van der Waals surface area contributed by atoms with Gasteiger partial charge < -0.3 is 0 Å². The molecule has 0 spiro atoms. The first kappa shape index (κ1) is 24.2. The number of aromatic nitrogens is 4. The molecule has 0 amide bonds. The summed E-state index contributed by atoms with van der Waals surface area (Å²) in [6.45, 7) is 1.96. The Balaban J connectivity index is 1.16. The van der Waals surface area contributed by atoms with Crippen LogP contribution in [0.5, 0.6) is 0 Å². The summed E-state index contributed by atoms with van der Waals surface area (Å²) in [5.41, 5.74) is 9.60. The third kappa shape index (κ3) is 4.04. The van der Waals surface area contributed by atoms with E-state index in [1.807, 2.05) is 19.1 Å². The van der Waals surface area contributed by atoms with Crippen molar-refractivity contribution in [3.8, 4) is 39.5 Å². The first-order valence-electron chi connectivity index (χ1n) is 14.1. The number of para-hydroxylation sites is 3. The Morgan fingerprint density at radius 3 is 1.90 bits per heavy atom. The van der Waals surface area contributed by atoms with Crippen LogP contribution in [-0.4, -0.2) is 19.5 Å². The lowest BCUT2D eigenvalue weighted by molar-refractivity contribution is 1.10. The molecule has 0 unspecified atom stereocenters. The van der Waals surface area contributed by atoms with E-state index in [0.717, 1.165) is 72.6 Å². The van der Waals surface area contributed by atoms with Crippen LogP contribution in [0.3, 0.4) is 0 Å². The van der Waals surface area contributed by atoms with Crippen LogP contribution in [0, 0.1) is 6.92 Å². The summed E-state index contributed by atoms with van der Waals surface area (Å²) in [6.07, 6.45) is 0. The number of fused-ring (bicyclic) bond motifs is 4. The first-order chi connectivity index (χ1) is 20.7. The van der Waals surface area contributed by atoms with E-state index in [2.05, 4.69) is 132 Å². The molecule has 0 saturated heterocycles. The van der Waals surface area contributed by atoms with Crippen LogP contribution < -0.4 is 0 Å². The van der Waals surface area contributed by atoms with Crippen LogP contribution in [0.15, 0.2) is 140 Å². The molecule has 4 nitrogen and oxygen atoms in total. The molecule has 0 aliphatic heterocycles. The van der Waals surface area contributed by atoms with E-state index in [1.165, 1.54) is 5.39 Å². The number of aryl methyl sites for hydroxylation is 1. The van der Waals surface area contributed by atoms with E-state index >= 15 is 0 Å². The maximum absolute atomic E-state index is 5.01. The summed E-state index contributed by atoms with van der Waals surface area (Å²) in [4.78, 5) is 14.7. The zero-order valence-electron chi connectivity index (χ0n) is 23.1. The van der Waals surface area contributed by atoms with Gasteiger partial charge in [-0.1, -0.05) is 109 Å². The quantitative estimate of drug-likeness (QED) is 0.210. The minimum atomic E-state index is 0.773. The van der Waals surface area contributed by atoms with E-state index in [-0.39, 0.29) is 0 Å². The fraction of sp³-hybridized carbons (Fsp3) is 0.0263. The number of benzene rings is 6. The summed E-state index contributed by atoms with van der Waals surface area (Å²) in [6, 6.07) is 48.7. The van der Waals surface area contributed by atoms with Gasteiger partial charge in [0, 0.05) is 27.6 Å². The maximum atomic E-state index is 5.01. The zero-order chi connectivity index (χ0) is 28.0. The fourth-order valence-corrected chi connectivity index (χ4v) is 5.89. The van der Waals surface area contributed by atoms with Crippen LogP contribution in [0.1, 0.15) is 5.82 Å². The number of nitrogens with zero attached hydrogens (tertiary/aromatic N) is 4. The molecular weight excluding hydrogens is 512 g/mol. The molecule has 0 bridgehead atoms. The Labute approximate surface area is 243 Å². The van der Waals surface area contributed by atoms with Crippen molar-refractivity contribution < 1.29 is 0 Å². The van der Waals surface area contributed by atoms with Gasteiger partial charge in [-0.2, -0.15) is 0 Å². The van der Waals surface area contributed by atoms with E-state index in [9.17, 15) is 0 Å². The van der Waals surface area contributed by atoms with Gasteiger partial charge in [0.25, 0.3) is 0 Å². The number of hydrogen-bond acceptors (Lipinski definition) is 3. The van der Waals surface area contributed by atoms with Crippen LogP contribution in [0.2, 0.25) is 0 Å². The second-order valence-corrected chi connectivity index (χ2v) is 10.6. The van der Waals surface area contributed by atoms with E-state index in [1.54, 1.807) is 0 Å². The lowest BCUT2D eigenvalue weighted by Gasteiger charge is -2.11. The smallest absolute Gasteiger partial charge is 0.145 e. The molecule has 0 radical (unpaired) electrons. The monoisotopic (exact) mass is 538 g/mol. The van der Waals surface area contributed by atoms with Gasteiger partial charge in [0.05, 0.1) is 22.2 Å². The second-order valence-electron chi connectivity index (χ2n) is 10.6. The first-order valence-corrected chi connectivity index (χ1v) is 14.1. The standard InChI is InChI=1S/C38H26N4/c1-25-39-36(33-24-23-28-9-5-6-12-32(28)37(33)40-25)29-19-15-26(16-20-29)27-17-21-30(22-18-27)38-41-34-13-7-8-14-35(34)42(38)31-10-3-2-4-11-31/h2-24H,1H3. The lowest BCUT2D eigenvalue weighted by Crippen LogP contribution is -1.97. The lowest BCUT2D eigenvalue weighted by atomic mass is 9.98. The van der Waals surface area contributed by atoms with E-state index in [0.29, 0.717) is 0 Å². The van der Waals surface area contributed by atoms with Crippen molar-refractivity contribution in [2.45, 2.75) is 6.92 Å². The Morgan fingerprint density at radius 1 is 0.476 bits per heavy atom. The minimum Gasteiger partial charge on any atom is -0.292 e. The summed E-state index contributed by atoms with van der Waals surface area (Å²) in [5, 5.41) is 3.41. The van der Waals surface area contributed by atoms with Crippen molar-refractivity contribution in [3.63, 3.8) is 0 Å². The number of hydrogen-bond donors (Lipinski definition) is 0. The van der Waals surface area contributed by atoms with Crippen molar-refractivity contribution in [2.75, 3.05) is 0 Å². The molecule has 4 heteroatoms. The highest BCUT2D eigenvalue weighted by molar-refractivity contribution is 6.09. The molecule has 0 fully saturated rings. The Hall–Kier alpha value is -5.61. The van der Waals surface area contributed by atoms with Crippen molar-refractivity contribution >= 4 is 32.7 Å². The molecule has 0 N–H and O–H groups in total. The van der Waals surface area contributed by atoms with Gasteiger partial charge in [0.2, 0.25) is 0 Å². The topological polar surface area (TPSA) is 43.6 Å². The Morgan fingerprint density at radius 2 is 1.12 bits per heavy atom. The minimum absolute atomic E-state index is 0.773. The Bertz CT molecular complexity index is 2230. The molecule has 198 valence electrons. The van der Waals surface area contributed by atoms with Crippen molar-refractivity contribution in [3.05, 3.63) is 145 Å². The maximum Gasteiger partial charge on any atom is 0.145 e.